The maximum Gasteiger partial charge on any atom is 0.227 e. The lowest BCUT2D eigenvalue weighted by molar-refractivity contribution is -0.125. The van der Waals surface area contributed by atoms with Crippen molar-refractivity contribution in [2.24, 2.45) is 0 Å². The van der Waals surface area contributed by atoms with Crippen molar-refractivity contribution in [2.45, 2.75) is 26.3 Å². The normalized spacial score (nSPS) is 10.6. The fourth-order valence-corrected chi connectivity index (χ4v) is 3.11. The van der Waals surface area contributed by atoms with Crippen molar-refractivity contribution >= 4 is 29.1 Å². The van der Waals surface area contributed by atoms with Gasteiger partial charge in [-0.2, -0.15) is 5.10 Å². The number of pyridine rings is 1. The highest BCUT2D eigenvalue weighted by Crippen LogP contribution is 2.26. The van der Waals surface area contributed by atoms with Gasteiger partial charge in [0.2, 0.25) is 11.8 Å². The van der Waals surface area contributed by atoms with Crippen LogP contribution in [0.3, 0.4) is 0 Å². The second-order valence-corrected chi connectivity index (χ2v) is 6.86. The molecule has 2 heterocycles. The van der Waals surface area contributed by atoms with Crippen LogP contribution in [0.5, 0.6) is 0 Å². The van der Waals surface area contributed by atoms with Gasteiger partial charge in [-0.05, 0) is 36.8 Å². The second kappa shape index (κ2) is 9.98. The quantitative estimate of drug-likeness (QED) is 0.594. The number of hydrogen-bond donors (Lipinski definition) is 1. The zero-order chi connectivity index (χ0) is 21.5. The molecule has 0 fully saturated rings. The van der Waals surface area contributed by atoms with Gasteiger partial charge in [-0.1, -0.05) is 23.7 Å². The molecule has 0 unspecified atom stereocenters. The summed E-state index contributed by atoms with van der Waals surface area (Å²) < 4.78 is 14.5. The molecule has 1 aromatic carbocycles. The maximum atomic E-state index is 12.9. The number of carbonyl (C=O) groups is 2. The van der Waals surface area contributed by atoms with Crippen LogP contribution in [0.1, 0.15) is 25.3 Å². The van der Waals surface area contributed by atoms with Gasteiger partial charge in [0.15, 0.2) is 5.15 Å². The molecular weight excluding hydrogens is 409 g/mol. The smallest absolute Gasteiger partial charge is 0.227 e. The van der Waals surface area contributed by atoms with Crippen molar-refractivity contribution in [2.75, 3.05) is 11.4 Å². The van der Waals surface area contributed by atoms with E-state index in [1.54, 1.807) is 41.5 Å². The Balaban J connectivity index is 1.57. The van der Waals surface area contributed by atoms with Crippen LogP contribution in [0, 0.1) is 5.82 Å². The summed E-state index contributed by atoms with van der Waals surface area (Å²) >= 11 is 6.25. The van der Waals surface area contributed by atoms with Gasteiger partial charge in [0.1, 0.15) is 11.5 Å². The molecule has 0 saturated carbocycles. The van der Waals surface area contributed by atoms with Gasteiger partial charge in [0, 0.05) is 32.1 Å². The fraction of sp³-hybridized carbons (Fsp3) is 0.238. The fourth-order valence-electron chi connectivity index (χ4n) is 2.87. The van der Waals surface area contributed by atoms with Gasteiger partial charge in [0.25, 0.3) is 0 Å². The van der Waals surface area contributed by atoms with Crippen molar-refractivity contribution in [1.29, 1.82) is 0 Å². The van der Waals surface area contributed by atoms with Crippen molar-refractivity contribution in [3.63, 3.8) is 0 Å². The molecule has 0 aliphatic rings. The first-order valence-corrected chi connectivity index (χ1v) is 9.82. The lowest BCUT2D eigenvalue weighted by atomic mass is 10.2. The van der Waals surface area contributed by atoms with E-state index in [2.05, 4.69) is 15.4 Å². The van der Waals surface area contributed by atoms with Crippen LogP contribution >= 0.6 is 11.6 Å². The minimum Gasteiger partial charge on any atom is -0.352 e. The van der Waals surface area contributed by atoms with E-state index in [0.717, 1.165) is 5.56 Å². The summed E-state index contributed by atoms with van der Waals surface area (Å²) in [5, 5.41) is 7.15. The Morgan fingerprint density at radius 2 is 1.97 bits per heavy atom. The van der Waals surface area contributed by atoms with Crippen LogP contribution in [-0.4, -0.2) is 33.1 Å². The van der Waals surface area contributed by atoms with Crippen LogP contribution in [0.15, 0.2) is 55.0 Å². The van der Waals surface area contributed by atoms with E-state index in [9.17, 15) is 14.0 Å². The Labute approximate surface area is 178 Å². The van der Waals surface area contributed by atoms with Gasteiger partial charge in [-0.3, -0.25) is 14.6 Å². The Hall–Kier alpha value is -3.26. The molecule has 0 radical (unpaired) electrons. The molecule has 0 bridgehead atoms. The molecule has 0 aliphatic carbocycles. The van der Waals surface area contributed by atoms with Crippen molar-refractivity contribution < 1.29 is 14.0 Å². The highest BCUT2D eigenvalue weighted by molar-refractivity contribution is 6.32. The molecule has 30 heavy (non-hydrogen) atoms. The minimum absolute atomic E-state index is 0.0253. The lowest BCUT2D eigenvalue weighted by Gasteiger charge is -2.19. The third-order valence-corrected chi connectivity index (χ3v) is 4.71. The Bertz CT molecular complexity index is 1010. The third-order valence-electron chi connectivity index (χ3n) is 4.44. The van der Waals surface area contributed by atoms with Gasteiger partial charge in [-0.15, -0.1) is 0 Å². The molecule has 0 saturated heterocycles. The summed E-state index contributed by atoms with van der Waals surface area (Å²) in [6.45, 7) is 2.48. The predicted octanol–water partition coefficient (Wildman–Crippen LogP) is 3.51. The maximum absolute atomic E-state index is 12.9. The highest BCUT2D eigenvalue weighted by Gasteiger charge is 2.21. The van der Waals surface area contributed by atoms with Gasteiger partial charge in [-0.25, -0.2) is 9.07 Å². The van der Waals surface area contributed by atoms with Crippen molar-refractivity contribution in [3.8, 4) is 5.69 Å². The number of benzene rings is 1. The molecule has 1 N–H and O–H groups in total. The van der Waals surface area contributed by atoms with Crippen LogP contribution in [0.2, 0.25) is 5.15 Å². The number of halogens is 2. The molecule has 3 aromatic rings. The van der Waals surface area contributed by atoms with E-state index in [4.69, 9.17) is 11.6 Å². The first-order chi connectivity index (χ1) is 14.5. The number of anilines is 1. The molecule has 0 spiro atoms. The summed E-state index contributed by atoms with van der Waals surface area (Å²) in [7, 11) is 0. The summed E-state index contributed by atoms with van der Waals surface area (Å²) in [6.07, 6.45) is 5.01. The molecule has 2 amide bonds. The second-order valence-electron chi connectivity index (χ2n) is 6.50. The number of aromatic nitrogens is 3. The third kappa shape index (κ3) is 5.42. The standard InChI is InChI=1S/C21H21ClFN5O2/c1-2-27(18-14-28(26-21(18)22)17-4-3-11-24-13-17)20(30)10-9-19(29)25-12-15-5-7-16(23)8-6-15/h3-8,11,13-14H,2,9-10,12H2,1H3,(H,25,29). The SMILES string of the molecule is CCN(C(=O)CCC(=O)NCc1ccc(F)cc1)c1cn(-c2cccnc2)nc1Cl. The average Bonchev–Trinajstić information content (AvgIpc) is 3.14. The number of amides is 2. The summed E-state index contributed by atoms with van der Waals surface area (Å²) in [6, 6.07) is 9.46. The first-order valence-electron chi connectivity index (χ1n) is 9.45. The average molecular weight is 430 g/mol. The van der Waals surface area contributed by atoms with Crippen LogP contribution < -0.4 is 10.2 Å². The first kappa shape index (κ1) is 21.4. The zero-order valence-corrected chi connectivity index (χ0v) is 17.1. The highest BCUT2D eigenvalue weighted by atomic mass is 35.5. The molecule has 3 rings (SSSR count). The molecule has 9 heteroatoms. The van der Waals surface area contributed by atoms with E-state index >= 15 is 0 Å². The molecule has 7 nitrogen and oxygen atoms in total. The monoisotopic (exact) mass is 429 g/mol. The van der Waals surface area contributed by atoms with E-state index in [0.29, 0.717) is 17.9 Å². The lowest BCUT2D eigenvalue weighted by Crippen LogP contribution is -2.32. The minimum atomic E-state index is -0.333. The van der Waals surface area contributed by atoms with Crippen LogP contribution in [0.25, 0.3) is 5.69 Å². The van der Waals surface area contributed by atoms with E-state index in [1.165, 1.54) is 17.0 Å². The van der Waals surface area contributed by atoms with E-state index in [1.807, 2.05) is 13.0 Å². The topological polar surface area (TPSA) is 80.1 Å². The van der Waals surface area contributed by atoms with Crippen molar-refractivity contribution in [3.05, 3.63) is 71.5 Å². The van der Waals surface area contributed by atoms with Crippen LogP contribution in [0.4, 0.5) is 10.1 Å². The number of nitrogens with zero attached hydrogens (tertiary/aromatic N) is 4. The number of rotatable bonds is 8. The number of carbonyl (C=O) groups excluding carboxylic acids is 2. The molecule has 0 aliphatic heterocycles. The zero-order valence-electron chi connectivity index (χ0n) is 16.4. The van der Waals surface area contributed by atoms with Crippen LogP contribution in [-0.2, 0) is 16.1 Å². The van der Waals surface area contributed by atoms with Gasteiger partial charge in [0.05, 0.1) is 18.1 Å². The summed E-state index contributed by atoms with van der Waals surface area (Å²) in [5.41, 5.74) is 1.97. The summed E-state index contributed by atoms with van der Waals surface area (Å²) in [4.78, 5) is 30.3. The Kier molecular flexibility index (Phi) is 7.13. The molecular formula is C21H21ClFN5O2. The predicted molar refractivity (Wildman–Crippen MR) is 112 cm³/mol. The van der Waals surface area contributed by atoms with Gasteiger partial charge < -0.3 is 10.2 Å². The van der Waals surface area contributed by atoms with Crippen molar-refractivity contribution in [1.82, 2.24) is 20.1 Å². The molecule has 2 aromatic heterocycles. The number of nitrogens with one attached hydrogen (secondary N) is 1. The van der Waals surface area contributed by atoms with Gasteiger partial charge >= 0.3 is 0 Å². The number of hydrogen-bond acceptors (Lipinski definition) is 4. The molecule has 0 atom stereocenters. The Morgan fingerprint density at radius 3 is 2.63 bits per heavy atom. The Morgan fingerprint density at radius 1 is 1.20 bits per heavy atom. The van der Waals surface area contributed by atoms with E-state index < -0.39 is 0 Å². The largest absolute Gasteiger partial charge is 0.352 e. The summed E-state index contributed by atoms with van der Waals surface area (Å²) in [5.74, 6) is -0.830. The van der Waals surface area contributed by atoms with E-state index in [-0.39, 0.29) is 42.2 Å². The molecule has 156 valence electrons.